The summed E-state index contributed by atoms with van der Waals surface area (Å²) in [7, 11) is 0. The smallest absolute Gasteiger partial charge is 0.343 e. The molecule has 0 aliphatic heterocycles. The van der Waals surface area contributed by atoms with Crippen LogP contribution in [-0.4, -0.2) is 11.9 Å². The van der Waals surface area contributed by atoms with Crippen molar-refractivity contribution in [3.05, 3.63) is 108 Å². The van der Waals surface area contributed by atoms with Crippen LogP contribution >= 0.6 is 0 Å². The van der Waals surface area contributed by atoms with Crippen LogP contribution in [0.1, 0.15) is 40.1 Å². The minimum absolute atomic E-state index is 0.359. The lowest BCUT2D eigenvalue weighted by Gasteiger charge is -2.16. The van der Waals surface area contributed by atoms with Gasteiger partial charge in [0, 0.05) is 0 Å². The molecule has 0 aromatic heterocycles. The Morgan fingerprint density at radius 2 is 1.19 bits per heavy atom. The van der Waals surface area contributed by atoms with Gasteiger partial charge in [-0.25, -0.2) is 9.59 Å². The Hall–Kier alpha value is -3.92. The molecule has 160 valence electrons. The molecule has 0 radical (unpaired) electrons. The molecule has 0 N–H and O–H groups in total. The molecule has 0 fully saturated rings. The zero-order valence-corrected chi connectivity index (χ0v) is 18.1. The summed E-state index contributed by atoms with van der Waals surface area (Å²) in [6.07, 6.45) is 0.847. The number of benzene rings is 4. The normalized spacial score (nSPS) is 10.8. The maximum atomic E-state index is 12.7. The number of hydrogen-bond donors (Lipinski definition) is 0. The molecule has 0 aliphatic rings. The second-order valence-corrected chi connectivity index (χ2v) is 8.01. The summed E-state index contributed by atoms with van der Waals surface area (Å²) < 4.78 is 11.5. The predicted octanol–water partition coefficient (Wildman–Crippen LogP) is 6.48. The summed E-state index contributed by atoms with van der Waals surface area (Å²) in [4.78, 5) is 25.5. The minimum Gasteiger partial charge on any atom is -0.422 e. The third kappa shape index (κ3) is 4.70. The molecule has 0 atom stereocenters. The lowest BCUT2D eigenvalue weighted by atomic mass is 9.96. The third-order valence-corrected chi connectivity index (χ3v) is 5.11. The molecule has 0 heterocycles. The number of carbonyl (C=O) groups is 2. The van der Waals surface area contributed by atoms with E-state index in [-0.39, 0.29) is 0 Å². The largest absolute Gasteiger partial charge is 0.422 e. The molecule has 0 saturated carbocycles. The van der Waals surface area contributed by atoms with E-state index in [0.29, 0.717) is 33.9 Å². The van der Waals surface area contributed by atoms with Gasteiger partial charge in [0.15, 0.2) is 0 Å². The molecule has 0 saturated heterocycles. The van der Waals surface area contributed by atoms with E-state index in [9.17, 15) is 9.59 Å². The molecule has 4 aromatic carbocycles. The van der Waals surface area contributed by atoms with Crippen molar-refractivity contribution in [3.8, 4) is 11.5 Å². The van der Waals surface area contributed by atoms with Crippen molar-refractivity contribution in [2.45, 2.75) is 20.3 Å². The van der Waals surface area contributed by atoms with Crippen LogP contribution in [0.15, 0.2) is 91.0 Å². The number of hydrogen-bond acceptors (Lipinski definition) is 4. The van der Waals surface area contributed by atoms with E-state index in [1.54, 1.807) is 60.7 Å². The highest BCUT2D eigenvalue weighted by molar-refractivity contribution is 6.01. The molecule has 4 nitrogen and oxygen atoms in total. The molecule has 4 heteroatoms. The van der Waals surface area contributed by atoms with Crippen LogP contribution in [0.3, 0.4) is 0 Å². The number of esters is 2. The first-order chi connectivity index (χ1) is 15.5. The van der Waals surface area contributed by atoms with Crippen molar-refractivity contribution in [3.63, 3.8) is 0 Å². The summed E-state index contributed by atoms with van der Waals surface area (Å²) in [5.41, 5.74) is 2.00. The van der Waals surface area contributed by atoms with Crippen LogP contribution in [0.25, 0.3) is 10.8 Å². The average Bonchev–Trinajstić information content (AvgIpc) is 2.81. The Kier molecular flexibility index (Phi) is 6.31. The van der Waals surface area contributed by atoms with Gasteiger partial charge in [-0.3, -0.25) is 0 Å². The molecular weight excluding hydrogens is 400 g/mol. The van der Waals surface area contributed by atoms with E-state index in [1.165, 1.54) is 0 Å². The topological polar surface area (TPSA) is 52.6 Å². The van der Waals surface area contributed by atoms with Gasteiger partial charge in [0.1, 0.15) is 11.5 Å². The van der Waals surface area contributed by atoms with Gasteiger partial charge in [0.25, 0.3) is 0 Å². The first kappa shape index (κ1) is 21.3. The highest BCUT2D eigenvalue weighted by Crippen LogP contribution is 2.37. The van der Waals surface area contributed by atoms with Crippen molar-refractivity contribution in [2.24, 2.45) is 5.92 Å². The Balaban J connectivity index is 1.78. The fourth-order valence-corrected chi connectivity index (χ4v) is 3.66. The van der Waals surface area contributed by atoms with E-state index in [4.69, 9.17) is 9.47 Å². The summed E-state index contributed by atoms with van der Waals surface area (Å²) in [6.45, 7) is 4.29. The number of rotatable bonds is 6. The van der Waals surface area contributed by atoms with Crippen LogP contribution in [-0.2, 0) is 6.42 Å². The van der Waals surface area contributed by atoms with E-state index in [2.05, 4.69) is 13.8 Å². The third-order valence-electron chi connectivity index (χ3n) is 5.11. The summed E-state index contributed by atoms with van der Waals surface area (Å²) in [6, 6.07) is 26.9. The fraction of sp³-hybridized carbons (Fsp3) is 0.143. The van der Waals surface area contributed by atoms with Crippen LogP contribution < -0.4 is 9.47 Å². The molecule has 4 aromatic rings. The predicted molar refractivity (Wildman–Crippen MR) is 125 cm³/mol. The second-order valence-electron chi connectivity index (χ2n) is 8.01. The number of fused-ring (bicyclic) bond motifs is 1. The van der Waals surface area contributed by atoms with Crippen LogP contribution in [0.5, 0.6) is 11.5 Å². The lowest BCUT2D eigenvalue weighted by molar-refractivity contribution is 0.0736. The SMILES string of the molecule is CC(C)Cc1ccc(OC(=O)c2ccccc2)c2c(OC(=O)c3ccccc3)cccc12. The van der Waals surface area contributed by atoms with Gasteiger partial charge in [-0.1, -0.05) is 68.4 Å². The maximum Gasteiger partial charge on any atom is 0.343 e. The zero-order valence-electron chi connectivity index (χ0n) is 18.1. The Morgan fingerprint density at radius 1 is 0.656 bits per heavy atom. The monoisotopic (exact) mass is 424 g/mol. The molecule has 0 aliphatic carbocycles. The van der Waals surface area contributed by atoms with Crippen molar-refractivity contribution in [1.82, 2.24) is 0 Å². The Labute approximate surface area is 187 Å². The highest BCUT2D eigenvalue weighted by Gasteiger charge is 2.18. The Bertz CT molecular complexity index is 1180. The molecule has 0 unspecified atom stereocenters. The van der Waals surface area contributed by atoms with Gasteiger partial charge >= 0.3 is 11.9 Å². The summed E-state index contributed by atoms with van der Waals surface area (Å²) in [5.74, 6) is 0.225. The van der Waals surface area contributed by atoms with Gasteiger partial charge < -0.3 is 9.47 Å². The molecule has 0 spiro atoms. The first-order valence-electron chi connectivity index (χ1n) is 10.6. The van der Waals surface area contributed by atoms with Gasteiger partial charge in [0.2, 0.25) is 0 Å². The van der Waals surface area contributed by atoms with E-state index in [1.807, 2.05) is 30.3 Å². The fourth-order valence-electron chi connectivity index (χ4n) is 3.66. The van der Waals surface area contributed by atoms with Crippen LogP contribution in [0.2, 0.25) is 0 Å². The second kappa shape index (κ2) is 9.48. The minimum atomic E-state index is -0.465. The zero-order chi connectivity index (χ0) is 22.5. The van der Waals surface area contributed by atoms with Crippen molar-refractivity contribution in [2.75, 3.05) is 0 Å². The average molecular weight is 424 g/mol. The van der Waals surface area contributed by atoms with Crippen LogP contribution in [0.4, 0.5) is 0 Å². The molecule has 4 rings (SSSR count). The highest BCUT2D eigenvalue weighted by atomic mass is 16.5. The Morgan fingerprint density at radius 3 is 1.72 bits per heavy atom. The van der Waals surface area contributed by atoms with Crippen molar-refractivity contribution < 1.29 is 19.1 Å². The van der Waals surface area contributed by atoms with Crippen molar-refractivity contribution in [1.29, 1.82) is 0 Å². The molecule has 0 amide bonds. The maximum absolute atomic E-state index is 12.7. The molecular formula is C28H24O4. The quantitative estimate of drug-likeness (QED) is 0.263. The lowest BCUT2D eigenvalue weighted by Crippen LogP contribution is -2.11. The van der Waals surface area contributed by atoms with E-state index < -0.39 is 11.9 Å². The van der Waals surface area contributed by atoms with Crippen molar-refractivity contribution >= 4 is 22.7 Å². The van der Waals surface area contributed by atoms with Crippen LogP contribution in [0, 0.1) is 5.92 Å². The summed E-state index contributed by atoms with van der Waals surface area (Å²) in [5, 5.41) is 1.51. The molecule has 0 bridgehead atoms. The molecule has 32 heavy (non-hydrogen) atoms. The van der Waals surface area contributed by atoms with E-state index >= 15 is 0 Å². The standard InChI is InChI=1S/C28H24O4/c1-19(2)18-22-16-17-25(32-28(30)21-12-7-4-8-13-21)26-23(22)14-9-15-24(26)31-27(29)20-10-5-3-6-11-20/h3-17,19H,18H2,1-2H3. The van der Waals surface area contributed by atoms with Gasteiger partial charge in [0.05, 0.1) is 16.5 Å². The van der Waals surface area contributed by atoms with Gasteiger partial charge in [-0.05, 0) is 59.7 Å². The summed E-state index contributed by atoms with van der Waals surface area (Å²) >= 11 is 0. The van der Waals surface area contributed by atoms with E-state index in [0.717, 1.165) is 17.4 Å². The number of ether oxygens (including phenoxy) is 2. The van der Waals surface area contributed by atoms with Gasteiger partial charge in [-0.15, -0.1) is 0 Å². The number of carbonyl (C=O) groups excluding carboxylic acids is 2. The first-order valence-corrected chi connectivity index (χ1v) is 10.6. The van der Waals surface area contributed by atoms with Gasteiger partial charge in [-0.2, -0.15) is 0 Å².